The summed E-state index contributed by atoms with van der Waals surface area (Å²) in [5.74, 6) is 1.69. The van der Waals surface area contributed by atoms with Gasteiger partial charge in [0.15, 0.2) is 0 Å². The van der Waals surface area contributed by atoms with E-state index in [9.17, 15) is 0 Å². The van der Waals surface area contributed by atoms with E-state index in [1.54, 1.807) is 0 Å². The van der Waals surface area contributed by atoms with Gasteiger partial charge in [-0.2, -0.15) is 0 Å². The minimum Gasteiger partial charge on any atom is -0.396 e. The molecule has 3 aliphatic rings. The Morgan fingerprint density at radius 1 is 0.917 bits per heavy atom. The van der Waals surface area contributed by atoms with Crippen LogP contribution >= 0.6 is 0 Å². The number of rotatable bonds is 2. The zero-order valence-corrected chi connectivity index (χ0v) is 7.19. The molecule has 2 nitrogen and oxygen atoms in total. The summed E-state index contributed by atoms with van der Waals surface area (Å²) in [6, 6.07) is 0. The number of aliphatic hydroxyl groups is 2. The van der Waals surface area contributed by atoms with Gasteiger partial charge in [0, 0.05) is 13.2 Å². The molecule has 0 aromatic heterocycles. The minimum atomic E-state index is 0.233. The molecule has 68 valence electrons. The molecule has 12 heavy (non-hydrogen) atoms. The summed E-state index contributed by atoms with van der Waals surface area (Å²) in [4.78, 5) is 0. The summed E-state index contributed by atoms with van der Waals surface area (Å²) in [7, 11) is 0. The molecule has 0 unspecified atom stereocenters. The van der Waals surface area contributed by atoms with Crippen molar-refractivity contribution >= 4 is 0 Å². The van der Waals surface area contributed by atoms with Crippen LogP contribution in [0.2, 0.25) is 0 Å². The molecule has 0 aromatic carbocycles. The van der Waals surface area contributed by atoms with Crippen LogP contribution in [0.3, 0.4) is 0 Å². The topological polar surface area (TPSA) is 40.5 Å². The minimum absolute atomic E-state index is 0.233. The summed E-state index contributed by atoms with van der Waals surface area (Å²) in [6.45, 7) is 0.466. The van der Waals surface area contributed by atoms with Crippen LogP contribution < -0.4 is 0 Å². The summed E-state index contributed by atoms with van der Waals surface area (Å²) in [5.41, 5.74) is 0. The largest absolute Gasteiger partial charge is 0.396 e. The maximum absolute atomic E-state index is 9.17. The highest BCUT2D eigenvalue weighted by Gasteiger charge is 2.39. The predicted octanol–water partition coefficient (Wildman–Crippen LogP) is 0.799. The van der Waals surface area contributed by atoms with Crippen LogP contribution in [0.15, 0.2) is 12.2 Å². The fraction of sp³-hybridized carbons (Fsp3) is 0.800. The second-order valence-corrected chi connectivity index (χ2v) is 3.98. The second kappa shape index (κ2) is 3.19. The van der Waals surface area contributed by atoms with Gasteiger partial charge in [0.25, 0.3) is 0 Å². The molecular weight excluding hydrogens is 152 g/mol. The molecule has 4 atom stereocenters. The molecule has 2 heteroatoms. The fourth-order valence-electron chi connectivity index (χ4n) is 2.75. The van der Waals surface area contributed by atoms with Gasteiger partial charge in [0.05, 0.1) is 0 Å². The van der Waals surface area contributed by atoms with Crippen molar-refractivity contribution in [3.8, 4) is 0 Å². The van der Waals surface area contributed by atoms with Gasteiger partial charge in [-0.1, -0.05) is 12.2 Å². The van der Waals surface area contributed by atoms with Gasteiger partial charge in [-0.05, 0) is 36.5 Å². The first-order chi connectivity index (χ1) is 5.86. The van der Waals surface area contributed by atoms with Crippen LogP contribution in [0, 0.1) is 23.7 Å². The number of hydrogen-bond donors (Lipinski definition) is 2. The van der Waals surface area contributed by atoms with Crippen molar-refractivity contribution in [2.75, 3.05) is 13.2 Å². The first-order valence-corrected chi connectivity index (χ1v) is 4.77. The second-order valence-electron chi connectivity index (χ2n) is 3.98. The van der Waals surface area contributed by atoms with Crippen LogP contribution in [0.25, 0.3) is 0 Å². The van der Waals surface area contributed by atoms with E-state index >= 15 is 0 Å². The van der Waals surface area contributed by atoms with Crippen LogP contribution in [0.1, 0.15) is 12.8 Å². The van der Waals surface area contributed by atoms with Gasteiger partial charge < -0.3 is 10.2 Å². The van der Waals surface area contributed by atoms with E-state index in [1.165, 1.54) is 12.8 Å². The van der Waals surface area contributed by atoms with Crippen molar-refractivity contribution in [3.63, 3.8) is 0 Å². The Labute approximate surface area is 72.9 Å². The molecule has 1 fully saturated rings. The zero-order valence-electron chi connectivity index (χ0n) is 7.19. The van der Waals surface area contributed by atoms with Crippen molar-refractivity contribution in [2.24, 2.45) is 23.7 Å². The van der Waals surface area contributed by atoms with Gasteiger partial charge in [-0.25, -0.2) is 0 Å². The molecule has 1 saturated carbocycles. The maximum atomic E-state index is 9.17. The normalized spacial score (nSPS) is 45.2. The first-order valence-electron chi connectivity index (χ1n) is 4.77. The van der Waals surface area contributed by atoms with Gasteiger partial charge in [0.2, 0.25) is 0 Å². The molecule has 0 heterocycles. The molecule has 0 spiro atoms. The van der Waals surface area contributed by atoms with Crippen molar-refractivity contribution < 1.29 is 10.2 Å². The molecule has 2 bridgehead atoms. The highest BCUT2D eigenvalue weighted by molar-refractivity contribution is 5.09. The highest BCUT2D eigenvalue weighted by atomic mass is 16.3. The zero-order chi connectivity index (χ0) is 8.55. The lowest BCUT2D eigenvalue weighted by Gasteiger charge is -2.43. The number of aliphatic hydroxyl groups excluding tert-OH is 2. The third kappa shape index (κ3) is 1.10. The van der Waals surface area contributed by atoms with Crippen molar-refractivity contribution in [1.82, 2.24) is 0 Å². The van der Waals surface area contributed by atoms with E-state index in [1.807, 2.05) is 0 Å². The Balaban J connectivity index is 2.18. The molecule has 3 rings (SSSR count). The maximum Gasteiger partial charge on any atom is 0.0468 e. The van der Waals surface area contributed by atoms with E-state index in [2.05, 4.69) is 12.2 Å². The van der Waals surface area contributed by atoms with E-state index < -0.39 is 0 Å². The molecule has 0 aliphatic heterocycles. The van der Waals surface area contributed by atoms with Gasteiger partial charge >= 0.3 is 0 Å². The van der Waals surface area contributed by atoms with E-state index in [0.717, 1.165) is 0 Å². The fourth-order valence-corrected chi connectivity index (χ4v) is 2.75. The van der Waals surface area contributed by atoms with Crippen LogP contribution in [-0.4, -0.2) is 23.4 Å². The summed E-state index contributed by atoms with van der Waals surface area (Å²) in [5, 5.41) is 18.3. The average Bonchev–Trinajstić information content (AvgIpc) is 2.18. The summed E-state index contributed by atoms with van der Waals surface area (Å²) in [6.07, 6.45) is 6.84. The quantitative estimate of drug-likeness (QED) is 0.599. The molecule has 0 aromatic rings. The van der Waals surface area contributed by atoms with Crippen molar-refractivity contribution in [1.29, 1.82) is 0 Å². The van der Waals surface area contributed by atoms with Crippen LogP contribution in [0.4, 0.5) is 0 Å². The number of allylic oxidation sites excluding steroid dienone is 2. The lowest BCUT2D eigenvalue weighted by molar-refractivity contribution is 0.0266. The molecule has 0 amide bonds. The molecule has 3 aliphatic carbocycles. The Kier molecular flexibility index (Phi) is 2.20. The third-order valence-electron chi connectivity index (χ3n) is 3.51. The lowest BCUT2D eigenvalue weighted by atomic mass is 9.63. The molecule has 0 radical (unpaired) electrons. The molecule has 2 N–H and O–H groups in total. The molecular formula is C10H16O2. The monoisotopic (exact) mass is 168 g/mol. The van der Waals surface area contributed by atoms with Gasteiger partial charge in [0.1, 0.15) is 0 Å². The van der Waals surface area contributed by atoms with Crippen LogP contribution in [0.5, 0.6) is 0 Å². The Bertz CT molecular complexity index is 168. The summed E-state index contributed by atoms with van der Waals surface area (Å²) >= 11 is 0. The Hall–Kier alpha value is -0.340. The summed E-state index contributed by atoms with van der Waals surface area (Å²) < 4.78 is 0. The highest BCUT2D eigenvalue weighted by Crippen LogP contribution is 2.44. The van der Waals surface area contributed by atoms with Crippen molar-refractivity contribution in [3.05, 3.63) is 12.2 Å². The lowest BCUT2D eigenvalue weighted by Crippen LogP contribution is -2.40. The van der Waals surface area contributed by atoms with E-state index in [0.29, 0.717) is 23.7 Å². The number of fused-ring (bicyclic) bond motifs is 2. The van der Waals surface area contributed by atoms with E-state index in [4.69, 9.17) is 10.2 Å². The van der Waals surface area contributed by atoms with Gasteiger partial charge in [-0.3, -0.25) is 0 Å². The third-order valence-corrected chi connectivity index (χ3v) is 3.51. The Morgan fingerprint density at radius 3 is 1.58 bits per heavy atom. The smallest absolute Gasteiger partial charge is 0.0468 e. The van der Waals surface area contributed by atoms with Gasteiger partial charge in [-0.15, -0.1) is 0 Å². The first kappa shape index (κ1) is 8.27. The predicted molar refractivity (Wildman–Crippen MR) is 46.5 cm³/mol. The average molecular weight is 168 g/mol. The molecule has 0 saturated heterocycles. The SMILES string of the molecule is OC[C@H]1[C@H](CO)[C@H]2C=C[C@H]1CC2. The van der Waals surface area contributed by atoms with E-state index in [-0.39, 0.29) is 13.2 Å². The number of hydrogen-bond acceptors (Lipinski definition) is 2. The standard InChI is InChI=1S/C10H16O2/c11-5-9-7-1-2-8(4-3-7)10(9)6-12/h1-2,7-12H,3-6H2/t7-,8-,9+,10+/m0/s1. The van der Waals surface area contributed by atoms with Crippen LogP contribution in [-0.2, 0) is 0 Å². The Morgan fingerprint density at radius 2 is 1.33 bits per heavy atom. The van der Waals surface area contributed by atoms with Crippen molar-refractivity contribution in [2.45, 2.75) is 12.8 Å².